The molecule has 3 heterocycles. The van der Waals surface area contributed by atoms with Gasteiger partial charge in [-0.2, -0.15) is 0 Å². The van der Waals surface area contributed by atoms with E-state index in [1.807, 2.05) is 49.4 Å². The van der Waals surface area contributed by atoms with Crippen LogP contribution in [0.1, 0.15) is 53.0 Å². The lowest BCUT2D eigenvalue weighted by Crippen LogP contribution is -2.38. The monoisotopic (exact) mass is 409 g/mol. The molecule has 1 N–H and O–H groups in total. The third kappa shape index (κ3) is 4.77. The Morgan fingerprint density at radius 2 is 1.90 bits per heavy atom. The second kappa shape index (κ2) is 9.37. The van der Waals surface area contributed by atoms with Crippen LogP contribution in [0.25, 0.3) is 10.4 Å². The number of thiazole rings is 1. The molecule has 1 aromatic carbocycles. The summed E-state index contributed by atoms with van der Waals surface area (Å²) in [6.07, 6.45) is 6.63. The van der Waals surface area contributed by atoms with Crippen LogP contribution < -0.4 is 5.32 Å². The van der Waals surface area contributed by atoms with E-state index in [0.717, 1.165) is 34.3 Å². The van der Waals surface area contributed by atoms with Crippen molar-refractivity contribution in [3.8, 4) is 10.4 Å². The smallest absolute Gasteiger partial charge is 0.271 e. The lowest BCUT2D eigenvalue weighted by Gasteiger charge is -2.29. The minimum Gasteiger partial charge on any atom is -0.468 e. The maximum absolute atomic E-state index is 13.1. The van der Waals surface area contributed by atoms with Crippen LogP contribution in [-0.2, 0) is 0 Å². The maximum Gasteiger partial charge on any atom is 0.271 e. The standard InChI is InChI=1S/C23H27N3O2S/c1-17-25-21(22(29-17)18-10-5-4-6-11-18)23(27)24-16-19(20-12-9-15-28-20)26-13-7-2-3-8-14-26/h4-6,9-12,15,19H,2-3,7-8,13-14,16H2,1H3,(H,24,27). The van der Waals surface area contributed by atoms with E-state index in [4.69, 9.17) is 4.42 Å². The fraction of sp³-hybridized carbons (Fsp3) is 0.391. The van der Waals surface area contributed by atoms with Crippen molar-refractivity contribution in [2.75, 3.05) is 19.6 Å². The first-order valence-corrected chi connectivity index (χ1v) is 11.1. The van der Waals surface area contributed by atoms with Gasteiger partial charge in [-0.25, -0.2) is 4.98 Å². The van der Waals surface area contributed by atoms with E-state index in [1.165, 1.54) is 25.7 Å². The predicted molar refractivity (Wildman–Crippen MR) is 116 cm³/mol. The molecule has 1 amide bonds. The lowest BCUT2D eigenvalue weighted by molar-refractivity contribution is 0.0923. The average molecular weight is 410 g/mol. The van der Waals surface area contributed by atoms with Crippen molar-refractivity contribution in [2.45, 2.75) is 38.6 Å². The Labute approximate surface area is 175 Å². The van der Waals surface area contributed by atoms with Crippen LogP contribution in [-0.4, -0.2) is 35.4 Å². The molecule has 0 saturated carbocycles. The number of furan rings is 1. The molecule has 0 bridgehead atoms. The number of aromatic nitrogens is 1. The van der Waals surface area contributed by atoms with Crippen LogP contribution >= 0.6 is 11.3 Å². The molecule has 0 aliphatic carbocycles. The van der Waals surface area contributed by atoms with Crippen LogP contribution in [0.15, 0.2) is 53.1 Å². The molecule has 1 fully saturated rings. The fourth-order valence-electron chi connectivity index (χ4n) is 3.94. The van der Waals surface area contributed by atoms with Gasteiger partial charge in [0.25, 0.3) is 5.91 Å². The number of aryl methyl sites for hydroxylation is 1. The van der Waals surface area contributed by atoms with E-state index < -0.39 is 0 Å². The first-order chi connectivity index (χ1) is 14.2. The third-order valence-electron chi connectivity index (χ3n) is 5.39. The van der Waals surface area contributed by atoms with Gasteiger partial charge in [-0.05, 0) is 50.6 Å². The summed E-state index contributed by atoms with van der Waals surface area (Å²) >= 11 is 1.56. The van der Waals surface area contributed by atoms with Gasteiger partial charge in [-0.3, -0.25) is 9.69 Å². The SMILES string of the molecule is Cc1nc(C(=O)NCC(c2ccco2)N2CCCCCC2)c(-c2ccccc2)s1. The summed E-state index contributed by atoms with van der Waals surface area (Å²) in [4.78, 5) is 20.9. The number of amides is 1. The molecule has 1 atom stereocenters. The van der Waals surface area contributed by atoms with Crippen LogP contribution in [0, 0.1) is 6.92 Å². The second-order valence-electron chi connectivity index (χ2n) is 7.47. The zero-order valence-corrected chi connectivity index (χ0v) is 17.6. The Morgan fingerprint density at radius 3 is 2.59 bits per heavy atom. The van der Waals surface area contributed by atoms with Gasteiger partial charge in [-0.15, -0.1) is 11.3 Å². The van der Waals surface area contributed by atoms with Gasteiger partial charge in [0.2, 0.25) is 0 Å². The summed E-state index contributed by atoms with van der Waals surface area (Å²) in [5.41, 5.74) is 1.53. The van der Waals surface area contributed by atoms with Crippen molar-refractivity contribution in [1.29, 1.82) is 0 Å². The molecule has 1 unspecified atom stereocenters. The first-order valence-electron chi connectivity index (χ1n) is 10.3. The van der Waals surface area contributed by atoms with Gasteiger partial charge < -0.3 is 9.73 Å². The summed E-state index contributed by atoms with van der Waals surface area (Å²) in [6, 6.07) is 14.0. The van der Waals surface area contributed by atoms with Gasteiger partial charge in [0, 0.05) is 6.54 Å². The minimum atomic E-state index is -0.125. The number of hydrogen-bond acceptors (Lipinski definition) is 5. The molecule has 3 aromatic rings. The van der Waals surface area contributed by atoms with E-state index >= 15 is 0 Å². The van der Waals surface area contributed by atoms with Crippen molar-refractivity contribution in [3.63, 3.8) is 0 Å². The Bertz CT molecular complexity index is 913. The molecular weight excluding hydrogens is 382 g/mol. The Morgan fingerprint density at radius 1 is 1.14 bits per heavy atom. The molecule has 1 aliphatic rings. The fourth-order valence-corrected chi connectivity index (χ4v) is 4.86. The first kappa shape index (κ1) is 19.9. The van der Waals surface area contributed by atoms with Crippen molar-refractivity contribution in [3.05, 3.63) is 65.2 Å². The summed E-state index contributed by atoms with van der Waals surface area (Å²) in [5.74, 6) is 0.782. The van der Waals surface area contributed by atoms with Crippen molar-refractivity contribution < 1.29 is 9.21 Å². The number of likely N-dealkylation sites (tertiary alicyclic amines) is 1. The summed E-state index contributed by atoms with van der Waals surface area (Å²) in [5, 5.41) is 4.02. The molecule has 0 radical (unpaired) electrons. The van der Waals surface area contributed by atoms with E-state index in [-0.39, 0.29) is 11.9 Å². The number of nitrogens with one attached hydrogen (secondary N) is 1. The molecule has 29 heavy (non-hydrogen) atoms. The van der Waals surface area contributed by atoms with Crippen LogP contribution in [0.3, 0.4) is 0 Å². The van der Waals surface area contributed by atoms with E-state index in [0.29, 0.717) is 12.2 Å². The number of carbonyl (C=O) groups is 1. The van der Waals surface area contributed by atoms with Crippen LogP contribution in [0.4, 0.5) is 0 Å². The number of nitrogens with zero attached hydrogens (tertiary/aromatic N) is 2. The number of rotatable bonds is 6. The molecule has 0 spiro atoms. The molecule has 1 saturated heterocycles. The Balaban J connectivity index is 1.52. The molecular formula is C23H27N3O2S. The highest BCUT2D eigenvalue weighted by molar-refractivity contribution is 7.15. The number of carbonyl (C=O) groups excluding carboxylic acids is 1. The molecule has 4 rings (SSSR count). The topological polar surface area (TPSA) is 58.4 Å². The van der Waals surface area contributed by atoms with Crippen molar-refractivity contribution in [1.82, 2.24) is 15.2 Å². The normalized spacial score (nSPS) is 16.3. The zero-order chi connectivity index (χ0) is 20.1. The molecule has 1 aliphatic heterocycles. The highest BCUT2D eigenvalue weighted by Gasteiger charge is 2.26. The summed E-state index contributed by atoms with van der Waals surface area (Å²) in [7, 11) is 0. The molecule has 2 aromatic heterocycles. The van der Waals surface area contributed by atoms with Crippen molar-refractivity contribution >= 4 is 17.2 Å². The van der Waals surface area contributed by atoms with E-state index in [9.17, 15) is 4.79 Å². The third-order valence-corrected chi connectivity index (χ3v) is 6.41. The predicted octanol–water partition coefficient (Wildman–Crippen LogP) is 5.06. The highest BCUT2D eigenvalue weighted by Crippen LogP contribution is 2.30. The van der Waals surface area contributed by atoms with Gasteiger partial charge >= 0.3 is 0 Å². The Kier molecular flexibility index (Phi) is 6.42. The molecule has 152 valence electrons. The highest BCUT2D eigenvalue weighted by atomic mass is 32.1. The molecule has 5 nitrogen and oxygen atoms in total. The van der Waals surface area contributed by atoms with Crippen LogP contribution in [0.2, 0.25) is 0 Å². The average Bonchev–Trinajstić information content (AvgIpc) is 3.33. The van der Waals surface area contributed by atoms with Gasteiger partial charge in [-0.1, -0.05) is 43.2 Å². The Hall–Kier alpha value is -2.44. The largest absolute Gasteiger partial charge is 0.468 e. The van der Waals surface area contributed by atoms with Crippen molar-refractivity contribution in [2.24, 2.45) is 0 Å². The van der Waals surface area contributed by atoms with Crippen LogP contribution in [0.5, 0.6) is 0 Å². The maximum atomic E-state index is 13.1. The zero-order valence-electron chi connectivity index (χ0n) is 16.8. The van der Waals surface area contributed by atoms with E-state index in [2.05, 4.69) is 15.2 Å². The summed E-state index contributed by atoms with van der Waals surface area (Å²) in [6.45, 7) is 4.52. The number of hydrogen-bond donors (Lipinski definition) is 1. The molecule has 6 heteroatoms. The van der Waals surface area contributed by atoms with Gasteiger partial charge in [0.05, 0.1) is 22.2 Å². The quantitative estimate of drug-likeness (QED) is 0.618. The summed E-state index contributed by atoms with van der Waals surface area (Å²) < 4.78 is 5.72. The van der Waals surface area contributed by atoms with E-state index in [1.54, 1.807) is 17.6 Å². The minimum absolute atomic E-state index is 0.0481. The lowest BCUT2D eigenvalue weighted by atomic mass is 10.1. The van der Waals surface area contributed by atoms with Gasteiger partial charge in [0.15, 0.2) is 0 Å². The number of benzene rings is 1. The second-order valence-corrected chi connectivity index (χ2v) is 8.67. The van der Waals surface area contributed by atoms with Gasteiger partial charge in [0.1, 0.15) is 11.5 Å².